The van der Waals surface area contributed by atoms with Gasteiger partial charge >= 0.3 is 0 Å². The highest BCUT2D eigenvalue weighted by Gasteiger charge is 2.21. The summed E-state index contributed by atoms with van der Waals surface area (Å²) in [7, 11) is 1.79. The summed E-state index contributed by atoms with van der Waals surface area (Å²) >= 11 is 5.95. The molecule has 0 saturated heterocycles. The molecule has 0 aromatic heterocycles. The van der Waals surface area contributed by atoms with Crippen LogP contribution in [0.2, 0.25) is 5.02 Å². The minimum absolute atomic E-state index is 0.757. The highest BCUT2D eigenvalue weighted by Crippen LogP contribution is 2.37. The van der Waals surface area contributed by atoms with Gasteiger partial charge in [0, 0.05) is 18.7 Å². The van der Waals surface area contributed by atoms with Gasteiger partial charge in [-0.05, 0) is 61.6 Å². The number of methoxy groups -OCH3 is 1. The third-order valence-electron chi connectivity index (χ3n) is 4.40. The van der Waals surface area contributed by atoms with Gasteiger partial charge in [0.15, 0.2) is 0 Å². The van der Waals surface area contributed by atoms with Crippen LogP contribution in [-0.2, 0) is 4.74 Å². The van der Waals surface area contributed by atoms with E-state index in [4.69, 9.17) is 16.3 Å². The summed E-state index contributed by atoms with van der Waals surface area (Å²) in [4.78, 5) is 0. The molecule has 2 rings (SSSR count). The van der Waals surface area contributed by atoms with Crippen molar-refractivity contribution in [2.45, 2.75) is 50.9 Å². The summed E-state index contributed by atoms with van der Waals surface area (Å²) in [6.45, 7) is 0.917. The first kappa shape index (κ1) is 14.9. The van der Waals surface area contributed by atoms with Gasteiger partial charge in [0.25, 0.3) is 0 Å². The van der Waals surface area contributed by atoms with Crippen molar-refractivity contribution < 1.29 is 4.74 Å². The minimum Gasteiger partial charge on any atom is -0.385 e. The second-order valence-corrected chi connectivity index (χ2v) is 6.19. The van der Waals surface area contributed by atoms with Crippen LogP contribution in [0.15, 0.2) is 24.3 Å². The van der Waals surface area contributed by atoms with E-state index in [-0.39, 0.29) is 0 Å². The average Bonchev–Trinajstić information content (AvgIpc) is 2.45. The van der Waals surface area contributed by atoms with E-state index in [0.717, 1.165) is 23.5 Å². The molecule has 1 aromatic carbocycles. The molecule has 0 bridgehead atoms. The van der Waals surface area contributed by atoms with Crippen LogP contribution < -0.4 is 0 Å². The van der Waals surface area contributed by atoms with Crippen LogP contribution in [0.1, 0.15) is 56.4 Å². The van der Waals surface area contributed by atoms with E-state index < -0.39 is 0 Å². The lowest BCUT2D eigenvalue weighted by atomic mass is 9.77. The molecule has 0 amide bonds. The normalized spacial score (nSPS) is 23.5. The smallest absolute Gasteiger partial charge is 0.0462 e. The van der Waals surface area contributed by atoms with Crippen molar-refractivity contribution in [1.82, 2.24) is 0 Å². The average molecular weight is 281 g/mol. The zero-order chi connectivity index (χ0) is 13.5. The Labute approximate surface area is 122 Å². The van der Waals surface area contributed by atoms with Gasteiger partial charge in [0.05, 0.1) is 0 Å². The molecule has 1 nitrogen and oxygen atoms in total. The number of hydrogen-bond acceptors (Lipinski definition) is 1. The zero-order valence-corrected chi connectivity index (χ0v) is 12.7. The van der Waals surface area contributed by atoms with E-state index in [0.29, 0.717) is 0 Å². The molecule has 0 spiro atoms. The molecular formula is C17H25ClO. The maximum atomic E-state index is 5.95. The summed E-state index contributed by atoms with van der Waals surface area (Å²) in [6.07, 6.45) is 9.39. The highest BCUT2D eigenvalue weighted by atomic mass is 35.5. The lowest BCUT2D eigenvalue weighted by Gasteiger charge is -2.28. The second-order valence-electron chi connectivity index (χ2n) is 5.76. The number of unbranched alkanes of at least 4 members (excludes halogenated alkanes) is 1. The van der Waals surface area contributed by atoms with E-state index in [9.17, 15) is 0 Å². The molecule has 1 aliphatic carbocycles. The molecule has 2 heteroatoms. The fourth-order valence-corrected chi connectivity index (χ4v) is 3.32. The molecule has 0 heterocycles. The van der Waals surface area contributed by atoms with Crippen LogP contribution in [0.25, 0.3) is 0 Å². The van der Waals surface area contributed by atoms with Crippen molar-refractivity contribution in [3.8, 4) is 0 Å². The molecule has 106 valence electrons. The van der Waals surface area contributed by atoms with Crippen LogP contribution in [0.5, 0.6) is 0 Å². The summed E-state index contributed by atoms with van der Waals surface area (Å²) in [5, 5.41) is 0.843. The molecule has 0 aliphatic heterocycles. The lowest BCUT2D eigenvalue weighted by Crippen LogP contribution is -2.13. The first-order chi connectivity index (χ1) is 9.29. The Morgan fingerprint density at radius 3 is 2.37 bits per heavy atom. The summed E-state index contributed by atoms with van der Waals surface area (Å²) in [5.74, 6) is 1.70. The Bertz CT molecular complexity index is 352. The van der Waals surface area contributed by atoms with Crippen LogP contribution in [0, 0.1) is 5.92 Å². The fourth-order valence-electron chi connectivity index (χ4n) is 3.20. The van der Waals surface area contributed by atoms with Gasteiger partial charge in [-0.1, -0.05) is 36.6 Å². The molecule has 0 radical (unpaired) electrons. The van der Waals surface area contributed by atoms with Crippen LogP contribution >= 0.6 is 11.6 Å². The van der Waals surface area contributed by atoms with Gasteiger partial charge in [-0.2, -0.15) is 0 Å². The Morgan fingerprint density at radius 1 is 1.05 bits per heavy atom. The standard InChI is InChI=1S/C17H25ClO/c1-19-13-3-2-4-14-5-7-15(8-6-14)16-9-11-17(18)12-10-16/h9-12,14-15H,2-8,13H2,1H3. The molecule has 0 N–H and O–H groups in total. The van der Waals surface area contributed by atoms with Crippen molar-refractivity contribution in [2.24, 2.45) is 5.92 Å². The Kier molecular flexibility index (Phi) is 6.19. The maximum absolute atomic E-state index is 5.95. The quantitative estimate of drug-likeness (QED) is 0.631. The van der Waals surface area contributed by atoms with Gasteiger partial charge in [0.2, 0.25) is 0 Å². The third kappa shape index (κ3) is 4.81. The second kappa shape index (κ2) is 7.91. The van der Waals surface area contributed by atoms with Crippen molar-refractivity contribution >= 4 is 11.6 Å². The largest absolute Gasteiger partial charge is 0.385 e. The topological polar surface area (TPSA) is 9.23 Å². The molecular weight excluding hydrogens is 256 g/mol. The van der Waals surface area contributed by atoms with E-state index in [2.05, 4.69) is 12.1 Å². The van der Waals surface area contributed by atoms with Gasteiger partial charge in [-0.25, -0.2) is 0 Å². The number of benzene rings is 1. The maximum Gasteiger partial charge on any atom is 0.0462 e. The summed E-state index contributed by atoms with van der Waals surface area (Å²) < 4.78 is 5.10. The van der Waals surface area contributed by atoms with E-state index in [1.54, 1.807) is 7.11 Å². The number of hydrogen-bond donors (Lipinski definition) is 0. The SMILES string of the molecule is COCCCCC1CCC(c2ccc(Cl)cc2)CC1. The predicted octanol–water partition coefficient (Wildman–Crippen LogP) is 5.43. The molecule has 1 aliphatic rings. The van der Waals surface area contributed by atoms with Crippen LogP contribution in [-0.4, -0.2) is 13.7 Å². The van der Waals surface area contributed by atoms with E-state index in [1.807, 2.05) is 12.1 Å². The lowest BCUT2D eigenvalue weighted by molar-refractivity contribution is 0.187. The van der Waals surface area contributed by atoms with Crippen LogP contribution in [0.3, 0.4) is 0 Å². The van der Waals surface area contributed by atoms with Crippen molar-refractivity contribution in [2.75, 3.05) is 13.7 Å². The first-order valence-corrected chi connectivity index (χ1v) is 7.92. The molecule has 19 heavy (non-hydrogen) atoms. The fraction of sp³-hybridized carbons (Fsp3) is 0.647. The molecule has 0 atom stereocenters. The number of halogens is 1. The first-order valence-electron chi connectivity index (χ1n) is 7.54. The Morgan fingerprint density at radius 2 is 1.74 bits per heavy atom. The molecule has 1 aromatic rings. The highest BCUT2D eigenvalue weighted by molar-refractivity contribution is 6.30. The monoisotopic (exact) mass is 280 g/mol. The molecule has 1 saturated carbocycles. The van der Waals surface area contributed by atoms with E-state index in [1.165, 1.54) is 50.5 Å². The Hall–Kier alpha value is -0.530. The van der Waals surface area contributed by atoms with Crippen molar-refractivity contribution in [1.29, 1.82) is 0 Å². The molecule has 0 unspecified atom stereocenters. The predicted molar refractivity (Wildman–Crippen MR) is 81.9 cm³/mol. The Balaban J connectivity index is 1.71. The van der Waals surface area contributed by atoms with Gasteiger partial charge < -0.3 is 4.74 Å². The number of ether oxygens (including phenoxy) is 1. The van der Waals surface area contributed by atoms with Crippen molar-refractivity contribution in [3.63, 3.8) is 0 Å². The zero-order valence-electron chi connectivity index (χ0n) is 11.9. The molecule has 1 fully saturated rings. The van der Waals surface area contributed by atoms with Gasteiger partial charge in [-0.3, -0.25) is 0 Å². The van der Waals surface area contributed by atoms with E-state index >= 15 is 0 Å². The third-order valence-corrected chi connectivity index (χ3v) is 4.65. The number of rotatable bonds is 6. The minimum atomic E-state index is 0.757. The summed E-state index contributed by atoms with van der Waals surface area (Å²) in [5.41, 5.74) is 1.47. The van der Waals surface area contributed by atoms with Gasteiger partial charge in [-0.15, -0.1) is 0 Å². The van der Waals surface area contributed by atoms with Crippen LogP contribution in [0.4, 0.5) is 0 Å². The summed E-state index contributed by atoms with van der Waals surface area (Å²) in [6, 6.07) is 8.44. The van der Waals surface area contributed by atoms with Gasteiger partial charge in [0.1, 0.15) is 0 Å². The van der Waals surface area contributed by atoms with Crippen molar-refractivity contribution in [3.05, 3.63) is 34.9 Å².